The summed E-state index contributed by atoms with van der Waals surface area (Å²) in [6.45, 7) is 2.23. The van der Waals surface area contributed by atoms with Crippen molar-refractivity contribution in [1.29, 1.82) is 5.26 Å². The molecule has 1 aromatic rings. The second-order valence-electron chi connectivity index (χ2n) is 4.21. The van der Waals surface area contributed by atoms with E-state index in [4.69, 9.17) is 5.26 Å². The second kappa shape index (κ2) is 4.01. The fraction of sp³-hybridized carbons (Fsp3) is 0.455. The highest BCUT2D eigenvalue weighted by Crippen LogP contribution is 2.34. The lowest BCUT2D eigenvalue weighted by Crippen LogP contribution is -2.48. The van der Waals surface area contributed by atoms with E-state index in [0.717, 1.165) is 6.42 Å². The molecule has 2 rings (SSSR count). The van der Waals surface area contributed by atoms with Crippen LogP contribution in [0.2, 0.25) is 0 Å². The topological polar surface area (TPSA) is 90.1 Å². The standard InChI is InChI=1S/C11H12N4O2/c1-11(10(16)17)4-2-6-15(11)9-8(7-12)3-5-13-14-9/h3,5H,2,4,6H2,1H3,(H,16,17). The number of carbonyl (C=O) groups is 1. The number of rotatable bonds is 2. The molecular formula is C11H12N4O2. The van der Waals surface area contributed by atoms with Gasteiger partial charge in [0.25, 0.3) is 0 Å². The minimum atomic E-state index is -0.998. The van der Waals surface area contributed by atoms with Crippen molar-refractivity contribution in [2.24, 2.45) is 0 Å². The summed E-state index contributed by atoms with van der Waals surface area (Å²) >= 11 is 0. The Morgan fingerprint density at radius 1 is 1.71 bits per heavy atom. The molecule has 0 aromatic carbocycles. The van der Waals surface area contributed by atoms with Gasteiger partial charge in [0.05, 0.1) is 11.8 Å². The van der Waals surface area contributed by atoms with Crippen LogP contribution in [0, 0.1) is 11.3 Å². The molecule has 1 aromatic heterocycles. The Balaban J connectivity index is 2.47. The maximum absolute atomic E-state index is 11.3. The molecule has 1 atom stereocenters. The van der Waals surface area contributed by atoms with Gasteiger partial charge in [-0.3, -0.25) is 0 Å². The summed E-state index contributed by atoms with van der Waals surface area (Å²) in [5.41, 5.74) is -0.642. The number of hydrogen-bond donors (Lipinski definition) is 1. The van der Waals surface area contributed by atoms with Gasteiger partial charge in [0.1, 0.15) is 11.6 Å². The zero-order valence-corrected chi connectivity index (χ0v) is 9.42. The molecule has 0 bridgehead atoms. The van der Waals surface area contributed by atoms with Gasteiger partial charge in [-0.25, -0.2) is 4.79 Å². The number of nitrogens with zero attached hydrogens (tertiary/aromatic N) is 4. The minimum Gasteiger partial charge on any atom is -0.480 e. The van der Waals surface area contributed by atoms with E-state index in [9.17, 15) is 9.90 Å². The highest BCUT2D eigenvalue weighted by Gasteiger charge is 2.44. The summed E-state index contributed by atoms with van der Waals surface area (Å²) in [7, 11) is 0. The van der Waals surface area contributed by atoms with Crippen LogP contribution in [0.4, 0.5) is 5.82 Å². The van der Waals surface area contributed by atoms with Gasteiger partial charge in [-0.05, 0) is 25.8 Å². The monoisotopic (exact) mass is 232 g/mol. The van der Waals surface area contributed by atoms with Gasteiger partial charge in [0, 0.05) is 6.54 Å². The first-order valence-corrected chi connectivity index (χ1v) is 5.32. The van der Waals surface area contributed by atoms with Gasteiger partial charge in [0.15, 0.2) is 5.82 Å². The summed E-state index contributed by atoms with van der Waals surface area (Å²) in [5, 5.41) is 25.9. The van der Waals surface area contributed by atoms with Gasteiger partial charge in [-0.15, -0.1) is 5.10 Å². The average Bonchev–Trinajstić information content (AvgIpc) is 2.72. The van der Waals surface area contributed by atoms with Crippen LogP contribution in [-0.4, -0.2) is 33.4 Å². The third-order valence-corrected chi connectivity index (χ3v) is 3.18. The van der Waals surface area contributed by atoms with Crippen LogP contribution in [0.3, 0.4) is 0 Å². The van der Waals surface area contributed by atoms with E-state index >= 15 is 0 Å². The first kappa shape index (κ1) is 11.3. The molecule has 1 unspecified atom stereocenters. The van der Waals surface area contributed by atoms with Crippen LogP contribution in [0.5, 0.6) is 0 Å². The van der Waals surface area contributed by atoms with Crippen molar-refractivity contribution in [1.82, 2.24) is 10.2 Å². The highest BCUT2D eigenvalue weighted by molar-refractivity contribution is 5.84. The average molecular weight is 232 g/mol. The molecule has 0 spiro atoms. The van der Waals surface area contributed by atoms with E-state index in [2.05, 4.69) is 10.2 Å². The number of aliphatic carboxylic acids is 1. The predicted octanol–water partition coefficient (Wildman–Crippen LogP) is 0.792. The maximum Gasteiger partial charge on any atom is 0.329 e. The van der Waals surface area contributed by atoms with Crippen LogP contribution in [0.1, 0.15) is 25.3 Å². The largest absolute Gasteiger partial charge is 0.480 e. The van der Waals surface area contributed by atoms with E-state index in [-0.39, 0.29) is 0 Å². The molecule has 1 saturated heterocycles. The van der Waals surface area contributed by atoms with Gasteiger partial charge >= 0.3 is 5.97 Å². The Hall–Kier alpha value is -2.16. The van der Waals surface area contributed by atoms with Crippen molar-refractivity contribution in [2.45, 2.75) is 25.3 Å². The summed E-state index contributed by atoms with van der Waals surface area (Å²) in [4.78, 5) is 13.0. The Morgan fingerprint density at radius 3 is 3.12 bits per heavy atom. The molecule has 0 aliphatic carbocycles. The Morgan fingerprint density at radius 2 is 2.47 bits per heavy atom. The van der Waals surface area contributed by atoms with Crippen LogP contribution >= 0.6 is 0 Å². The molecule has 1 fully saturated rings. The van der Waals surface area contributed by atoms with Gasteiger partial charge in [0.2, 0.25) is 0 Å². The molecule has 17 heavy (non-hydrogen) atoms. The number of nitriles is 1. The highest BCUT2D eigenvalue weighted by atomic mass is 16.4. The second-order valence-corrected chi connectivity index (χ2v) is 4.21. The number of carboxylic acids is 1. The minimum absolute atomic E-state index is 0.356. The quantitative estimate of drug-likeness (QED) is 0.810. The van der Waals surface area contributed by atoms with Gasteiger partial charge in [-0.1, -0.05) is 0 Å². The Kier molecular flexibility index (Phi) is 2.68. The molecule has 1 N–H and O–H groups in total. The van der Waals surface area contributed by atoms with Gasteiger partial charge < -0.3 is 10.0 Å². The van der Waals surface area contributed by atoms with Crippen molar-refractivity contribution < 1.29 is 9.90 Å². The third kappa shape index (κ3) is 1.69. The third-order valence-electron chi connectivity index (χ3n) is 3.18. The lowest BCUT2D eigenvalue weighted by atomic mass is 9.99. The van der Waals surface area contributed by atoms with Crippen LogP contribution < -0.4 is 4.90 Å². The Bertz CT molecular complexity index is 496. The predicted molar refractivity (Wildman–Crippen MR) is 59.4 cm³/mol. The number of aromatic nitrogens is 2. The van der Waals surface area contributed by atoms with Crippen molar-refractivity contribution >= 4 is 11.8 Å². The van der Waals surface area contributed by atoms with E-state index < -0.39 is 11.5 Å². The van der Waals surface area contributed by atoms with E-state index in [0.29, 0.717) is 24.3 Å². The van der Waals surface area contributed by atoms with Crippen molar-refractivity contribution in [3.8, 4) is 6.07 Å². The first-order chi connectivity index (χ1) is 8.09. The molecule has 88 valence electrons. The van der Waals surface area contributed by atoms with Crippen molar-refractivity contribution in [3.63, 3.8) is 0 Å². The Labute approximate surface area is 98.5 Å². The molecule has 0 saturated carbocycles. The molecular weight excluding hydrogens is 220 g/mol. The molecule has 6 nitrogen and oxygen atoms in total. The summed E-state index contributed by atoms with van der Waals surface area (Å²) < 4.78 is 0. The van der Waals surface area contributed by atoms with Crippen molar-refractivity contribution in [2.75, 3.05) is 11.4 Å². The van der Waals surface area contributed by atoms with Crippen LogP contribution in [-0.2, 0) is 4.79 Å². The van der Waals surface area contributed by atoms with Gasteiger partial charge in [-0.2, -0.15) is 10.4 Å². The SMILES string of the molecule is CC1(C(=O)O)CCCN1c1nnccc1C#N. The molecule has 2 heterocycles. The molecule has 1 aliphatic heterocycles. The smallest absolute Gasteiger partial charge is 0.329 e. The molecule has 1 aliphatic rings. The first-order valence-electron chi connectivity index (χ1n) is 5.32. The normalized spacial score (nSPS) is 23.4. The summed E-state index contributed by atoms with van der Waals surface area (Å²) in [5.74, 6) is -0.540. The lowest BCUT2D eigenvalue weighted by molar-refractivity contribution is -0.142. The molecule has 6 heteroatoms. The zero-order valence-electron chi connectivity index (χ0n) is 9.42. The summed E-state index contributed by atoms with van der Waals surface area (Å²) in [6, 6.07) is 3.56. The fourth-order valence-corrected chi connectivity index (χ4v) is 2.14. The van der Waals surface area contributed by atoms with E-state index in [1.165, 1.54) is 6.20 Å². The lowest BCUT2D eigenvalue weighted by Gasteiger charge is -2.32. The number of carboxylic acid groups (broad SMARTS) is 1. The number of anilines is 1. The maximum atomic E-state index is 11.3. The van der Waals surface area contributed by atoms with Crippen molar-refractivity contribution in [3.05, 3.63) is 17.8 Å². The fourth-order valence-electron chi connectivity index (χ4n) is 2.14. The number of hydrogen-bond acceptors (Lipinski definition) is 5. The zero-order chi connectivity index (χ0) is 12.5. The van der Waals surface area contributed by atoms with Crippen LogP contribution in [0.15, 0.2) is 12.3 Å². The summed E-state index contributed by atoms with van der Waals surface area (Å²) in [6.07, 6.45) is 2.74. The van der Waals surface area contributed by atoms with E-state index in [1.54, 1.807) is 17.9 Å². The van der Waals surface area contributed by atoms with Crippen LogP contribution in [0.25, 0.3) is 0 Å². The van der Waals surface area contributed by atoms with E-state index in [1.807, 2.05) is 6.07 Å². The molecule has 0 radical (unpaired) electrons. The molecule has 0 amide bonds.